The number of aryl methyl sites for hydroxylation is 2. The summed E-state index contributed by atoms with van der Waals surface area (Å²) in [5, 5.41) is 14.9. The molecule has 0 radical (unpaired) electrons. The number of nitrogens with one attached hydrogen (secondary N) is 1. The number of carbonyl (C=O) groups is 1. The number of hydrogen-bond donors (Lipinski definition) is 1. The summed E-state index contributed by atoms with van der Waals surface area (Å²) in [6, 6.07) is 6.07. The quantitative estimate of drug-likeness (QED) is 0.652. The lowest BCUT2D eigenvalue weighted by molar-refractivity contribution is -0.120. The average Bonchev–Trinajstić information content (AvgIpc) is 2.92. The van der Waals surface area contributed by atoms with E-state index in [-0.39, 0.29) is 11.2 Å². The second kappa shape index (κ2) is 7.22. The van der Waals surface area contributed by atoms with Gasteiger partial charge in [0.15, 0.2) is 0 Å². The molecule has 0 aliphatic heterocycles. The Labute approximate surface area is 134 Å². The van der Waals surface area contributed by atoms with Crippen LogP contribution in [-0.2, 0) is 4.79 Å². The van der Waals surface area contributed by atoms with Crippen LogP contribution in [-0.4, -0.2) is 37.9 Å². The van der Waals surface area contributed by atoms with E-state index in [0.717, 1.165) is 11.3 Å². The lowest BCUT2D eigenvalue weighted by Gasteiger charge is -2.12. The fraction of sp³-hybridized carbons (Fsp3) is 0.333. The van der Waals surface area contributed by atoms with Crippen molar-refractivity contribution in [2.45, 2.75) is 31.2 Å². The van der Waals surface area contributed by atoms with Gasteiger partial charge in [-0.3, -0.25) is 4.79 Å². The highest BCUT2D eigenvalue weighted by Crippen LogP contribution is 2.24. The second-order valence-corrected chi connectivity index (χ2v) is 6.27. The first-order chi connectivity index (χ1) is 10.5. The van der Waals surface area contributed by atoms with Crippen molar-refractivity contribution in [1.82, 2.24) is 25.5 Å². The number of aromatic nitrogens is 4. The van der Waals surface area contributed by atoms with Crippen LogP contribution in [0.4, 0.5) is 0 Å². The monoisotopic (exact) mass is 317 g/mol. The molecule has 1 amide bonds. The van der Waals surface area contributed by atoms with Gasteiger partial charge in [0.25, 0.3) is 0 Å². The van der Waals surface area contributed by atoms with Gasteiger partial charge in [-0.2, -0.15) is 4.68 Å². The summed E-state index contributed by atoms with van der Waals surface area (Å²) in [4.78, 5) is 11.9. The summed E-state index contributed by atoms with van der Waals surface area (Å²) in [5.41, 5.74) is 3.18. The molecule has 0 bridgehead atoms. The average molecular weight is 317 g/mol. The number of tetrazole rings is 1. The number of carbonyl (C=O) groups excluding carboxylic acids is 1. The van der Waals surface area contributed by atoms with Crippen molar-refractivity contribution in [2.24, 2.45) is 0 Å². The fourth-order valence-corrected chi connectivity index (χ4v) is 2.80. The van der Waals surface area contributed by atoms with Crippen LogP contribution in [0.25, 0.3) is 5.69 Å². The van der Waals surface area contributed by atoms with Crippen LogP contribution in [0.2, 0.25) is 0 Å². The molecule has 1 aromatic carbocycles. The van der Waals surface area contributed by atoms with Gasteiger partial charge in [0.2, 0.25) is 11.1 Å². The Bertz CT molecular complexity index is 682. The van der Waals surface area contributed by atoms with Crippen LogP contribution in [0.15, 0.2) is 36.0 Å². The van der Waals surface area contributed by atoms with Crippen LogP contribution < -0.4 is 5.32 Å². The predicted molar refractivity (Wildman–Crippen MR) is 87.2 cm³/mol. The van der Waals surface area contributed by atoms with Crippen molar-refractivity contribution in [1.29, 1.82) is 0 Å². The first-order valence-corrected chi connectivity index (χ1v) is 7.82. The van der Waals surface area contributed by atoms with Gasteiger partial charge >= 0.3 is 0 Å². The third-order valence-corrected chi connectivity index (χ3v) is 4.13. The second-order valence-electron chi connectivity index (χ2n) is 4.96. The molecule has 1 atom stereocenters. The van der Waals surface area contributed by atoms with Gasteiger partial charge in [-0.25, -0.2) is 0 Å². The number of nitrogens with zero attached hydrogens (tertiary/aromatic N) is 4. The number of rotatable bonds is 6. The molecule has 0 spiro atoms. The maximum atomic E-state index is 11.9. The summed E-state index contributed by atoms with van der Waals surface area (Å²) in [5.74, 6) is -0.0694. The van der Waals surface area contributed by atoms with Crippen molar-refractivity contribution in [3.05, 3.63) is 42.0 Å². The van der Waals surface area contributed by atoms with Crippen LogP contribution >= 0.6 is 11.8 Å². The van der Waals surface area contributed by atoms with Crippen molar-refractivity contribution in [3.8, 4) is 5.69 Å². The highest BCUT2D eigenvalue weighted by Gasteiger charge is 2.19. The van der Waals surface area contributed by atoms with Crippen molar-refractivity contribution in [3.63, 3.8) is 0 Å². The van der Waals surface area contributed by atoms with Crippen LogP contribution in [0.1, 0.15) is 18.1 Å². The van der Waals surface area contributed by atoms with Crippen LogP contribution in [0, 0.1) is 13.8 Å². The summed E-state index contributed by atoms with van der Waals surface area (Å²) in [6.45, 7) is 9.91. The summed E-state index contributed by atoms with van der Waals surface area (Å²) in [6.07, 6.45) is 1.65. The fourth-order valence-electron chi connectivity index (χ4n) is 1.97. The zero-order valence-electron chi connectivity index (χ0n) is 12.9. The molecule has 0 aliphatic carbocycles. The Hall–Kier alpha value is -2.15. The molecule has 0 unspecified atom stereocenters. The summed E-state index contributed by atoms with van der Waals surface area (Å²) in [7, 11) is 0. The molecule has 116 valence electrons. The lowest BCUT2D eigenvalue weighted by Crippen LogP contribution is -2.31. The SMILES string of the molecule is C=CCNC(=O)[C@H](C)Sc1nnnn1-c1ccc(C)cc1C. The van der Waals surface area contributed by atoms with E-state index in [0.29, 0.717) is 11.7 Å². The normalized spacial score (nSPS) is 12.0. The molecule has 2 rings (SSSR count). The minimum atomic E-state index is -0.296. The first kappa shape index (κ1) is 16.2. The van der Waals surface area contributed by atoms with E-state index in [1.165, 1.54) is 17.3 Å². The molecule has 0 saturated carbocycles. The van der Waals surface area contributed by atoms with E-state index in [4.69, 9.17) is 0 Å². The van der Waals surface area contributed by atoms with Gasteiger partial charge in [0.1, 0.15) is 0 Å². The molecule has 1 aromatic heterocycles. The first-order valence-electron chi connectivity index (χ1n) is 6.94. The van der Waals surface area contributed by atoms with Gasteiger partial charge in [-0.1, -0.05) is 35.5 Å². The zero-order valence-corrected chi connectivity index (χ0v) is 13.7. The molecule has 2 aromatic rings. The summed E-state index contributed by atoms with van der Waals surface area (Å²) >= 11 is 1.32. The minimum absolute atomic E-state index is 0.0694. The molecule has 22 heavy (non-hydrogen) atoms. The molecular formula is C15H19N5OS. The Balaban J connectivity index is 2.19. The highest BCUT2D eigenvalue weighted by atomic mass is 32.2. The molecule has 1 N–H and O–H groups in total. The highest BCUT2D eigenvalue weighted by molar-refractivity contribution is 8.00. The van der Waals surface area contributed by atoms with Gasteiger partial charge in [-0.05, 0) is 42.8 Å². The van der Waals surface area contributed by atoms with Gasteiger partial charge < -0.3 is 5.32 Å². The largest absolute Gasteiger partial charge is 0.352 e. The number of benzene rings is 1. The van der Waals surface area contributed by atoms with E-state index in [1.807, 2.05) is 32.9 Å². The van der Waals surface area contributed by atoms with Crippen molar-refractivity contribution < 1.29 is 4.79 Å². The predicted octanol–water partition coefficient (Wildman–Crippen LogP) is 2.06. The van der Waals surface area contributed by atoms with Gasteiger partial charge in [0.05, 0.1) is 10.9 Å². The Kier molecular flexibility index (Phi) is 5.32. The maximum Gasteiger partial charge on any atom is 0.233 e. The maximum absolute atomic E-state index is 11.9. The Morgan fingerprint density at radius 3 is 2.95 bits per heavy atom. The van der Waals surface area contributed by atoms with E-state index in [1.54, 1.807) is 10.8 Å². The Morgan fingerprint density at radius 2 is 2.27 bits per heavy atom. The van der Waals surface area contributed by atoms with Gasteiger partial charge in [0, 0.05) is 6.54 Å². The lowest BCUT2D eigenvalue weighted by atomic mass is 10.1. The van der Waals surface area contributed by atoms with E-state index >= 15 is 0 Å². The van der Waals surface area contributed by atoms with Crippen LogP contribution in [0.3, 0.4) is 0 Å². The standard InChI is InChI=1S/C15H19N5OS/c1-5-8-16-14(21)12(4)22-15-17-18-19-20(15)13-7-6-10(2)9-11(13)3/h5-7,9,12H,1,8H2,2-4H3,(H,16,21)/t12-/m0/s1. The third-order valence-electron chi connectivity index (χ3n) is 3.09. The minimum Gasteiger partial charge on any atom is -0.352 e. The third kappa shape index (κ3) is 3.73. The number of amides is 1. The number of thioether (sulfide) groups is 1. The van der Waals surface area contributed by atoms with Crippen molar-refractivity contribution >= 4 is 17.7 Å². The molecule has 7 heteroatoms. The van der Waals surface area contributed by atoms with E-state index in [2.05, 4.69) is 33.5 Å². The molecule has 6 nitrogen and oxygen atoms in total. The molecule has 0 saturated heterocycles. The van der Waals surface area contributed by atoms with Gasteiger partial charge in [-0.15, -0.1) is 11.7 Å². The van der Waals surface area contributed by atoms with Crippen molar-refractivity contribution in [2.75, 3.05) is 6.54 Å². The molecular weight excluding hydrogens is 298 g/mol. The summed E-state index contributed by atoms with van der Waals surface area (Å²) < 4.78 is 1.66. The van der Waals surface area contributed by atoms with E-state index < -0.39 is 0 Å². The van der Waals surface area contributed by atoms with E-state index in [9.17, 15) is 4.79 Å². The Morgan fingerprint density at radius 1 is 1.50 bits per heavy atom. The molecule has 1 heterocycles. The number of hydrogen-bond acceptors (Lipinski definition) is 5. The topological polar surface area (TPSA) is 72.7 Å². The molecule has 0 aliphatic rings. The molecule has 0 fully saturated rings. The smallest absolute Gasteiger partial charge is 0.233 e. The zero-order chi connectivity index (χ0) is 16.1. The van der Waals surface area contributed by atoms with Crippen LogP contribution in [0.5, 0.6) is 0 Å².